The predicted octanol–water partition coefficient (Wildman–Crippen LogP) is 3.62. The Morgan fingerprint density at radius 3 is 2.28 bits per heavy atom. The fourth-order valence-electron chi connectivity index (χ4n) is 2.78. The van der Waals surface area contributed by atoms with Crippen LogP contribution in [0.15, 0.2) is 54.6 Å². The van der Waals surface area contributed by atoms with Crippen molar-refractivity contribution in [2.75, 3.05) is 24.7 Å². The third kappa shape index (κ3) is 3.13. The summed E-state index contributed by atoms with van der Waals surface area (Å²) in [6.45, 7) is 0. The molecule has 0 aliphatic heterocycles. The summed E-state index contributed by atoms with van der Waals surface area (Å²) < 4.78 is 30.5. The van der Waals surface area contributed by atoms with Crippen molar-refractivity contribution >= 4 is 26.5 Å². The molecule has 3 aromatic rings. The van der Waals surface area contributed by atoms with Crippen LogP contribution in [0, 0.1) is 0 Å². The number of hydrogen-bond acceptors (Lipinski definition) is 4. The molecule has 6 heteroatoms. The Kier molecular flexibility index (Phi) is 4.30. The molecular weight excluding hydrogens is 338 g/mol. The van der Waals surface area contributed by atoms with Crippen LogP contribution < -0.4 is 9.04 Å². The topological polar surface area (TPSA) is 66.8 Å². The minimum atomic E-state index is -3.49. The molecule has 0 aliphatic carbocycles. The second kappa shape index (κ2) is 6.29. The van der Waals surface area contributed by atoms with E-state index >= 15 is 0 Å². The molecular formula is C19H19NO4S. The van der Waals surface area contributed by atoms with E-state index in [1.807, 2.05) is 24.3 Å². The highest BCUT2D eigenvalue weighted by Gasteiger charge is 2.21. The molecule has 0 saturated heterocycles. The lowest BCUT2D eigenvalue weighted by molar-refractivity contribution is 0.415. The molecule has 0 amide bonds. The fraction of sp³-hybridized carbons (Fsp3) is 0.158. The lowest BCUT2D eigenvalue weighted by Gasteiger charge is -2.22. The summed E-state index contributed by atoms with van der Waals surface area (Å²) in [5.74, 6) is 0.732. The van der Waals surface area contributed by atoms with Crippen LogP contribution in [-0.2, 0) is 10.0 Å². The number of anilines is 1. The first-order valence-corrected chi connectivity index (χ1v) is 9.51. The molecule has 0 saturated carbocycles. The van der Waals surface area contributed by atoms with E-state index in [4.69, 9.17) is 4.74 Å². The van der Waals surface area contributed by atoms with Gasteiger partial charge in [0.2, 0.25) is 10.0 Å². The van der Waals surface area contributed by atoms with Gasteiger partial charge in [-0.1, -0.05) is 36.4 Å². The van der Waals surface area contributed by atoms with Crippen molar-refractivity contribution in [3.05, 3.63) is 54.6 Å². The zero-order chi connectivity index (χ0) is 18.2. The maximum absolute atomic E-state index is 12.1. The molecule has 0 aliphatic rings. The van der Waals surface area contributed by atoms with Gasteiger partial charge < -0.3 is 9.84 Å². The Morgan fingerprint density at radius 2 is 1.68 bits per heavy atom. The Morgan fingerprint density at radius 1 is 1.04 bits per heavy atom. The first kappa shape index (κ1) is 17.1. The maximum Gasteiger partial charge on any atom is 0.232 e. The number of hydrogen-bond donors (Lipinski definition) is 1. The van der Waals surface area contributed by atoms with E-state index in [0.29, 0.717) is 28.0 Å². The highest BCUT2D eigenvalue weighted by atomic mass is 32.2. The molecule has 3 rings (SSSR count). The van der Waals surface area contributed by atoms with Gasteiger partial charge in [0.15, 0.2) is 0 Å². The lowest BCUT2D eigenvalue weighted by atomic mass is 9.97. The average Bonchev–Trinajstić information content (AvgIpc) is 2.60. The van der Waals surface area contributed by atoms with Gasteiger partial charge in [0.05, 0.1) is 19.1 Å². The highest BCUT2D eigenvalue weighted by Crippen LogP contribution is 2.44. The fourth-order valence-corrected chi connectivity index (χ4v) is 3.28. The maximum atomic E-state index is 12.1. The van der Waals surface area contributed by atoms with Crippen LogP contribution in [0.5, 0.6) is 11.5 Å². The molecule has 1 N–H and O–H groups in total. The van der Waals surface area contributed by atoms with Crippen molar-refractivity contribution in [2.45, 2.75) is 0 Å². The first-order valence-electron chi connectivity index (χ1n) is 7.66. The third-order valence-corrected chi connectivity index (χ3v) is 5.41. The molecule has 25 heavy (non-hydrogen) atoms. The number of methoxy groups -OCH3 is 1. The number of aromatic hydroxyl groups is 1. The van der Waals surface area contributed by atoms with E-state index in [2.05, 4.69) is 0 Å². The van der Waals surface area contributed by atoms with Crippen LogP contribution in [0.3, 0.4) is 0 Å². The van der Waals surface area contributed by atoms with Gasteiger partial charge in [-0.15, -0.1) is 0 Å². The van der Waals surface area contributed by atoms with Crippen LogP contribution in [0.25, 0.3) is 21.9 Å². The van der Waals surface area contributed by atoms with Crippen molar-refractivity contribution in [2.24, 2.45) is 0 Å². The normalized spacial score (nSPS) is 11.5. The van der Waals surface area contributed by atoms with E-state index in [1.54, 1.807) is 37.4 Å². The highest BCUT2D eigenvalue weighted by molar-refractivity contribution is 7.92. The van der Waals surface area contributed by atoms with Crippen LogP contribution >= 0.6 is 0 Å². The summed E-state index contributed by atoms with van der Waals surface area (Å²) in [6.07, 6.45) is 1.14. The molecule has 0 aromatic heterocycles. The summed E-state index contributed by atoms with van der Waals surface area (Å²) >= 11 is 0. The summed E-state index contributed by atoms with van der Waals surface area (Å²) in [6, 6.07) is 16.2. The number of ether oxygens (including phenoxy) is 1. The molecule has 3 aromatic carbocycles. The van der Waals surface area contributed by atoms with Crippen LogP contribution in [-0.4, -0.2) is 33.9 Å². The Labute approximate surface area is 147 Å². The average molecular weight is 357 g/mol. The Bertz CT molecular complexity index is 1030. The number of fused-ring (bicyclic) bond motifs is 1. The van der Waals surface area contributed by atoms with Gasteiger partial charge in [-0.3, -0.25) is 4.31 Å². The van der Waals surface area contributed by atoms with E-state index < -0.39 is 10.0 Å². The summed E-state index contributed by atoms with van der Waals surface area (Å²) in [5, 5.41) is 12.3. The molecule has 0 bridgehead atoms. The smallest absolute Gasteiger partial charge is 0.232 e. The van der Waals surface area contributed by atoms with Gasteiger partial charge >= 0.3 is 0 Å². The van der Waals surface area contributed by atoms with Gasteiger partial charge in [-0.25, -0.2) is 8.42 Å². The summed E-state index contributed by atoms with van der Waals surface area (Å²) in [7, 11) is -0.434. The molecule has 0 fully saturated rings. The van der Waals surface area contributed by atoms with Crippen LogP contribution in [0.2, 0.25) is 0 Å². The number of rotatable bonds is 4. The van der Waals surface area contributed by atoms with Gasteiger partial charge in [-0.05, 0) is 29.1 Å². The standard InChI is InChI=1S/C19H19NO4S/c1-20(25(3,22)23)17-12-14-6-4-5-7-16(14)19(21)18(17)13-8-10-15(24-2)11-9-13/h4-12,21H,1-3H3. The van der Waals surface area contributed by atoms with Crippen molar-refractivity contribution in [3.8, 4) is 22.6 Å². The van der Waals surface area contributed by atoms with E-state index in [9.17, 15) is 13.5 Å². The monoisotopic (exact) mass is 357 g/mol. The van der Waals surface area contributed by atoms with Crippen molar-refractivity contribution < 1.29 is 18.3 Å². The second-order valence-corrected chi connectivity index (χ2v) is 7.81. The quantitative estimate of drug-likeness (QED) is 0.774. The molecule has 0 heterocycles. The van der Waals surface area contributed by atoms with Gasteiger partial charge in [0.1, 0.15) is 11.5 Å². The second-order valence-electron chi connectivity index (χ2n) is 5.80. The largest absolute Gasteiger partial charge is 0.507 e. The van der Waals surface area contributed by atoms with Gasteiger partial charge in [0, 0.05) is 18.0 Å². The number of phenols is 1. The number of nitrogens with zero attached hydrogens (tertiary/aromatic N) is 1. The summed E-state index contributed by atoms with van der Waals surface area (Å²) in [4.78, 5) is 0. The molecule has 0 unspecified atom stereocenters. The van der Waals surface area contributed by atoms with E-state index in [1.165, 1.54) is 11.4 Å². The first-order chi connectivity index (χ1) is 11.8. The zero-order valence-corrected chi connectivity index (χ0v) is 15.0. The molecule has 0 atom stereocenters. The molecule has 130 valence electrons. The number of phenolic OH excluding ortho intramolecular Hbond substituents is 1. The number of benzene rings is 3. The molecule has 0 radical (unpaired) electrons. The minimum absolute atomic E-state index is 0.0498. The lowest BCUT2D eigenvalue weighted by Crippen LogP contribution is -2.25. The van der Waals surface area contributed by atoms with Crippen LogP contribution in [0.4, 0.5) is 5.69 Å². The van der Waals surface area contributed by atoms with E-state index in [-0.39, 0.29) is 5.75 Å². The van der Waals surface area contributed by atoms with Gasteiger partial charge in [0.25, 0.3) is 0 Å². The molecule has 0 spiro atoms. The Balaban J connectivity index is 2.35. The van der Waals surface area contributed by atoms with Crippen molar-refractivity contribution in [1.29, 1.82) is 0 Å². The van der Waals surface area contributed by atoms with E-state index in [0.717, 1.165) is 11.6 Å². The zero-order valence-electron chi connectivity index (χ0n) is 14.2. The predicted molar refractivity (Wildman–Crippen MR) is 101 cm³/mol. The van der Waals surface area contributed by atoms with Gasteiger partial charge in [-0.2, -0.15) is 0 Å². The minimum Gasteiger partial charge on any atom is -0.507 e. The van der Waals surface area contributed by atoms with Crippen molar-refractivity contribution in [1.82, 2.24) is 0 Å². The molecule has 5 nitrogen and oxygen atoms in total. The van der Waals surface area contributed by atoms with Crippen molar-refractivity contribution in [3.63, 3.8) is 0 Å². The number of sulfonamides is 1. The Hall–Kier alpha value is -2.73. The SMILES string of the molecule is COc1ccc(-c2c(N(C)S(C)(=O)=O)cc3ccccc3c2O)cc1. The third-order valence-electron chi connectivity index (χ3n) is 4.22. The van der Waals surface area contributed by atoms with Crippen LogP contribution in [0.1, 0.15) is 0 Å². The summed E-state index contributed by atoms with van der Waals surface area (Å²) in [5.41, 5.74) is 1.59.